The number of nitrogens with one attached hydrogen (secondary N) is 1. The molecule has 1 N–H and O–H groups in total. The maximum atomic E-state index is 12.1. The molecule has 17 heavy (non-hydrogen) atoms. The number of alkyl halides is 3. The van der Waals surface area contributed by atoms with Crippen molar-refractivity contribution in [2.24, 2.45) is 7.05 Å². The fourth-order valence-electron chi connectivity index (χ4n) is 1.54. The average molecular weight is 242 g/mol. The Hall–Kier alpha value is -1.98. The minimum Gasteiger partial charge on any atom is -0.350 e. The van der Waals surface area contributed by atoms with Gasteiger partial charge < -0.3 is 9.88 Å². The lowest BCUT2D eigenvalue weighted by molar-refractivity contribution is -0.167. The summed E-state index contributed by atoms with van der Waals surface area (Å²) in [7, 11) is 1.78. The van der Waals surface area contributed by atoms with E-state index in [1.165, 1.54) is 12.1 Å². The summed E-state index contributed by atoms with van der Waals surface area (Å²) in [5, 5.41) is 2.71. The van der Waals surface area contributed by atoms with E-state index in [0.717, 1.165) is 10.9 Å². The summed E-state index contributed by atoms with van der Waals surface area (Å²) in [6.07, 6.45) is -3.08. The van der Waals surface area contributed by atoms with Gasteiger partial charge in [0.25, 0.3) is 0 Å². The molecule has 0 aliphatic heterocycles. The Bertz CT molecular complexity index is 572. The second-order valence-electron chi connectivity index (χ2n) is 3.65. The van der Waals surface area contributed by atoms with Crippen molar-refractivity contribution >= 4 is 22.5 Å². The average Bonchev–Trinajstić information content (AvgIpc) is 2.59. The molecule has 3 nitrogen and oxygen atoms in total. The summed E-state index contributed by atoms with van der Waals surface area (Å²) in [6, 6.07) is 6.43. The molecule has 2 aromatic rings. The maximum Gasteiger partial charge on any atom is 0.471 e. The fraction of sp³-hybridized carbons (Fsp3) is 0.182. The summed E-state index contributed by atoms with van der Waals surface area (Å²) in [6.45, 7) is 0. The van der Waals surface area contributed by atoms with Gasteiger partial charge in [-0.3, -0.25) is 4.79 Å². The standard InChI is InChI=1S/C11H9F3N2O/c1-16-5-4-7-2-3-8(6-9(7)16)15-10(17)11(12,13)14/h2-6H,1H3,(H,15,17). The topological polar surface area (TPSA) is 34.0 Å². The van der Waals surface area contributed by atoms with E-state index < -0.39 is 12.1 Å². The summed E-state index contributed by atoms with van der Waals surface area (Å²) >= 11 is 0. The SMILES string of the molecule is Cn1ccc2ccc(NC(=O)C(F)(F)F)cc21. The van der Waals surface area contributed by atoms with Gasteiger partial charge in [-0.05, 0) is 23.6 Å². The summed E-state index contributed by atoms with van der Waals surface area (Å²) in [5.74, 6) is -1.97. The van der Waals surface area contributed by atoms with E-state index in [0.29, 0.717) is 0 Å². The molecule has 0 aliphatic carbocycles. The summed E-state index contributed by atoms with van der Waals surface area (Å²) in [4.78, 5) is 10.8. The first-order valence-electron chi connectivity index (χ1n) is 4.81. The number of hydrogen-bond donors (Lipinski definition) is 1. The number of aromatic nitrogens is 1. The number of hydrogen-bond acceptors (Lipinski definition) is 1. The Labute approximate surface area is 94.8 Å². The number of carbonyl (C=O) groups is 1. The molecule has 0 bridgehead atoms. The Morgan fingerprint density at radius 1 is 1.29 bits per heavy atom. The molecule has 1 aromatic carbocycles. The molecule has 0 fully saturated rings. The van der Waals surface area contributed by atoms with Crippen molar-refractivity contribution in [3.05, 3.63) is 30.5 Å². The third kappa shape index (κ3) is 2.25. The van der Waals surface area contributed by atoms with Gasteiger partial charge in [-0.2, -0.15) is 13.2 Å². The molecule has 2 rings (SSSR count). The van der Waals surface area contributed by atoms with Crippen LogP contribution in [0.2, 0.25) is 0 Å². The minimum atomic E-state index is -4.87. The third-order valence-corrected chi connectivity index (χ3v) is 2.40. The smallest absolute Gasteiger partial charge is 0.350 e. The largest absolute Gasteiger partial charge is 0.471 e. The van der Waals surface area contributed by atoms with Crippen molar-refractivity contribution in [3.8, 4) is 0 Å². The van der Waals surface area contributed by atoms with Crippen LogP contribution in [0.4, 0.5) is 18.9 Å². The summed E-state index contributed by atoms with van der Waals surface area (Å²) < 4.78 is 37.9. The molecule has 90 valence electrons. The lowest BCUT2D eigenvalue weighted by Crippen LogP contribution is -2.29. The van der Waals surface area contributed by atoms with Crippen molar-refractivity contribution in [2.75, 3.05) is 5.32 Å². The van der Waals surface area contributed by atoms with Crippen LogP contribution >= 0.6 is 0 Å². The van der Waals surface area contributed by atoms with Crippen LogP contribution in [0, 0.1) is 0 Å². The first-order valence-corrected chi connectivity index (χ1v) is 4.81. The van der Waals surface area contributed by atoms with Gasteiger partial charge in [-0.15, -0.1) is 0 Å². The van der Waals surface area contributed by atoms with E-state index in [-0.39, 0.29) is 5.69 Å². The molecule has 0 aliphatic rings. The van der Waals surface area contributed by atoms with E-state index in [1.54, 1.807) is 23.9 Å². The fourth-order valence-corrected chi connectivity index (χ4v) is 1.54. The quantitative estimate of drug-likeness (QED) is 0.819. The zero-order valence-electron chi connectivity index (χ0n) is 8.88. The molecule has 0 unspecified atom stereocenters. The first kappa shape index (κ1) is 11.5. The lowest BCUT2D eigenvalue weighted by Gasteiger charge is -2.08. The predicted molar refractivity (Wildman–Crippen MR) is 57.6 cm³/mol. The van der Waals surface area contributed by atoms with Crippen molar-refractivity contribution in [2.45, 2.75) is 6.18 Å². The molecule has 0 radical (unpaired) electrons. The molecule has 0 spiro atoms. The highest BCUT2D eigenvalue weighted by Crippen LogP contribution is 2.22. The van der Waals surface area contributed by atoms with Gasteiger partial charge in [-0.1, -0.05) is 6.07 Å². The van der Waals surface area contributed by atoms with Crippen LogP contribution in [0.1, 0.15) is 0 Å². The van der Waals surface area contributed by atoms with Crippen LogP contribution in [-0.4, -0.2) is 16.7 Å². The third-order valence-electron chi connectivity index (χ3n) is 2.40. The van der Waals surface area contributed by atoms with Gasteiger partial charge in [0.05, 0.1) is 0 Å². The molecule has 1 aromatic heterocycles. The Kier molecular flexibility index (Phi) is 2.57. The van der Waals surface area contributed by atoms with Crippen molar-refractivity contribution in [1.29, 1.82) is 0 Å². The van der Waals surface area contributed by atoms with E-state index >= 15 is 0 Å². The van der Waals surface area contributed by atoms with Crippen LogP contribution in [-0.2, 0) is 11.8 Å². The molecule has 1 amide bonds. The number of benzene rings is 1. The number of amides is 1. The van der Waals surface area contributed by atoms with Gasteiger partial charge in [0.15, 0.2) is 0 Å². The zero-order chi connectivity index (χ0) is 12.6. The minimum absolute atomic E-state index is 0.127. The van der Waals surface area contributed by atoms with Gasteiger partial charge in [0.2, 0.25) is 0 Å². The van der Waals surface area contributed by atoms with Gasteiger partial charge in [0, 0.05) is 24.4 Å². The number of nitrogens with zero attached hydrogens (tertiary/aromatic N) is 1. The van der Waals surface area contributed by atoms with Gasteiger partial charge >= 0.3 is 12.1 Å². The van der Waals surface area contributed by atoms with E-state index in [1.807, 2.05) is 11.4 Å². The molecular formula is C11H9F3N2O. The highest BCUT2D eigenvalue weighted by Gasteiger charge is 2.38. The Balaban J connectivity index is 2.31. The number of anilines is 1. The van der Waals surface area contributed by atoms with Crippen molar-refractivity contribution in [3.63, 3.8) is 0 Å². The van der Waals surface area contributed by atoms with Crippen LogP contribution in [0.15, 0.2) is 30.5 Å². The number of aryl methyl sites for hydroxylation is 1. The van der Waals surface area contributed by atoms with Gasteiger partial charge in [0.1, 0.15) is 0 Å². The second-order valence-corrected chi connectivity index (χ2v) is 3.65. The number of halogens is 3. The Morgan fingerprint density at radius 2 is 2.00 bits per heavy atom. The number of rotatable bonds is 1. The molecule has 0 saturated carbocycles. The van der Waals surface area contributed by atoms with Crippen molar-refractivity contribution in [1.82, 2.24) is 4.57 Å². The zero-order valence-corrected chi connectivity index (χ0v) is 8.88. The van der Waals surface area contributed by atoms with Crippen LogP contribution < -0.4 is 5.32 Å². The van der Waals surface area contributed by atoms with Crippen LogP contribution in [0.25, 0.3) is 10.9 Å². The van der Waals surface area contributed by atoms with Crippen LogP contribution in [0.5, 0.6) is 0 Å². The molecular weight excluding hydrogens is 233 g/mol. The van der Waals surface area contributed by atoms with E-state index in [2.05, 4.69) is 0 Å². The van der Waals surface area contributed by atoms with Crippen LogP contribution in [0.3, 0.4) is 0 Å². The normalized spacial score (nSPS) is 11.8. The lowest BCUT2D eigenvalue weighted by atomic mass is 10.2. The van der Waals surface area contributed by atoms with Gasteiger partial charge in [-0.25, -0.2) is 0 Å². The highest BCUT2D eigenvalue weighted by atomic mass is 19.4. The second kappa shape index (κ2) is 3.80. The maximum absolute atomic E-state index is 12.1. The molecule has 6 heteroatoms. The summed E-state index contributed by atoms with van der Waals surface area (Å²) in [5.41, 5.74) is 0.881. The monoisotopic (exact) mass is 242 g/mol. The molecule has 1 heterocycles. The van der Waals surface area contributed by atoms with E-state index in [9.17, 15) is 18.0 Å². The molecule has 0 atom stereocenters. The Morgan fingerprint density at radius 3 is 2.65 bits per heavy atom. The van der Waals surface area contributed by atoms with Crippen molar-refractivity contribution < 1.29 is 18.0 Å². The first-order chi connectivity index (χ1) is 7.88. The predicted octanol–water partition coefficient (Wildman–Crippen LogP) is 2.68. The molecule has 0 saturated heterocycles. The highest BCUT2D eigenvalue weighted by molar-refractivity contribution is 5.96. The number of carbonyl (C=O) groups excluding carboxylic acids is 1. The number of fused-ring (bicyclic) bond motifs is 1. The van der Waals surface area contributed by atoms with E-state index in [4.69, 9.17) is 0 Å².